The molecule has 1 aromatic rings. The molecule has 0 aromatic carbocycles. The Hall–Kier alpha value is -1.56. The molecule has 1 saturated heterocycles. The molecule has 0 atom stereocenters. The first-order valence-electron chi connectivity index (χ1n) is 7.01. The van der Waals surface area contributed by atoms with Crippen molar-refractivity contribution in [3.05, 3.63) is 22.9 Å². The highest BCUT2D eigenvalue weighted by Crippen LogP contribution is 2.33. The number of nitrogens with zero attached hydrogens (tertiary/aromatic N) is 3. The number of hydrogen-bond donors (Lipinski definition) is 1. The molecule has 0 spiro atoms. The number of rotatable bonds is 3. The molecule has 19 heavy (non-hydrogen) atoms. The Labute approximate surface area is 112 Å². The summed E-state index contributed by atoms with van der Waals surface area (Å²) in [5.41, 5.74) is -0.0520. The van der Waals surface area contributed by atoms with Crippen LogP contribution in [0.3, 0.4) is 0 Å². The second-order valence-electron chi connectivity index (χ2n) is 5.33. The first-order valence-corrected chi connectivity index (χ1v) is 7.01. The van der Waals surface area contributed by atoms with E-state index >= 15 is 0 Å². The summed E-state index contributed by atoms with van der Waals surface area (Å²) < 4.78 is 3.27. The Morgan fingerprint density at radius 3 is 2.89 bits per heavy atom. The second kappa shape index (κ2) is 5.21. The SMILES string of the molecule is O=C(Cn1ccn(C2CC2)c1=O)N1CCCNCC1. The van der Waals surface area contributed by atoms with Crippen LogP contribution in [-0.4, -0.2) is 46.1 Å². The third-order valence-electron chi connectivity index (χ3n) is 3.81. The fourth-order valence-corrected chi connectivity index (χ4v) is 2.52. The predicted molar refractivity (Wildman–Crippen MR) is 71.0 cm³/mol. The van der Waals surface area contributed by atoms with Crippen LogP contribution in [-0.2, 0) is 11.3 Å². The number of nitrogens with one attached hydrogen (secondary N) is 1. The number of amides is 1. The van der Waals surface area contributed by atoms with Gasteiger partial charge in [0.25, 0.3) is 0 Å². The fraction of sp³-hybridized carbons (Fsp3) is 0.692. The van der Waals surface area contributed by atoms with Gasteiger partial charge in [-0.3, -0.25) is 13.9 Å². The number of hydrogen-bond acceptors (Lipinski definition) is 3. The maximum atomic E-state index is 12.2. The molecule has 3 rings (SSSR count). The maximum Gasteiger partial charge on any atom is 0.328 e. The van der Waals surface area contributed by atoms with Gasteiger partial charge in [-0.25, -0.2) is 4.79 Å². The van der Waals surface area contributed by atoms with Gasteiger partial charge >= 0.3 is 5.69 Å². The number of aromatic nitrogens is 2. The summed E-state index contributed by atoms with van der Waals surface area (Å²) in [5, 5.41) is 3.27. The highest BCUT2D eigenvalue weighted by Gasteiger charge is 2.26. The van der Waals surface area contributed by atoms with E-state index in [1.54, 1.807) is 17.0 Å². The zero-order valence-electron chi connectivity index (χ0n) is 11.0. The molecule has 104 valence electrons. The van der Waals surface area contributed by atoms with Gasteiger partial charge in [0, 0.05) is 38.1 Å². The summed E-state index contributed by atoms with van der Waals surface area (Å²) in [4.78, 5) is 26.1. The molecule has 1 aromatic heterocycles. The molecule has 1 N–H and O–H groups in total. The van der Waals surface area contributed by atoms with Gasteiger partial charge in [-0.05, 0) is 25.8 Å². The molecule has 1 saturated carbocycles. The Morgan fingerprint density at radius 1 is 1.26 bits per heavy atom. The van der Waals surface area contributed by atoms with E-state index in [4.69, 9.17) is 0 Å². The molecule has 0 radical (unpaired) electrons. The third-order valence-corrected chi connectivity index (χ3v) is 3.81. The van der Waals surface area contributed by atoms with Crippen molar-refractivity contribution in [3.8, 4) is 0 Å². The van der Waals surface area contributed by atoms with Crippen LogP contribution in [0, 0.1) is 0 Å². The molecule has 2 heterocycles. The van der Waals surface area contributed by atoms with E-state index in [0.29, 0.717) is 6.04 Å². The lowest BCUT2D eigenvalue weighted by Crippen LogP contribution is -2.38. The molecular weight excluding hydrogens is 244 g/mol. The lowest BCUT2D eigenvalue weighted by atomic mass is 10.4. The molecule has 6 nitrogen and oxygen atoms in total. The summed E-state index contributed by atoms with van der Waals surface area (Å²) in [6.45, 7) is 3.48. The van der Waals surface area contributed by atoms with Gasteiger partial charge in [-0.2, -0.15) is 0 Å². The summed E-state index contributed by atoms with van der Waals surface area (Å²) in [7, 11) is 0. The fourth-order valence-electron chi connectivity index (χ4n) is 2.52. The molecule has 1 aliphatic heterocycles. The lowest BCUT2D eigenvalue weighted by Gasteiger charge is -2.19. The topological polar surface area (TPSA) is 59.3 Å². The Kier molecular flexibility index (Phi) is 3.42. The van der Waals surface area contributed by atoms with Gasteiger partial charge in [0.2, 0.25) is 5.91 Å². The van der Waals surface area contributed by atoms with Crippen LogP contribution in [0.2, 0.25) is 0 Å². The lowest BCUT2D eigenvalue weighted by molar-refractivity contribution is -0.131. The van der Waals surface area contributed by atoms with E-state index in [1.165, 1.54) is 4.57 Å². The van der Waals surface area contributed by atoms with Crippen LogP contribution in [0.5, 0.6) is 0 Å². The minimum absolute atomic E-state index is 0.0411. The van der Waals surface area contributed by atoms with Crippen molar-refractivity contribution >= 4 is 5.91 Å². The smallest absolute Gasteiger partial charge is 0.328 e. The summed E-state index contributed by atoms with van der Waals surface area (Å²) in [5.74, 6) is 0.0411. The van der Waals surface area contributed by atoms with E-state index in [2.05, 4.69) is 5.32 Å². The standard InChI is InChI=1S/C13H20N4O2/c18-12(15-6-1-4-14-5-7-15)10-16-8-9-17(13(16)19)11-2-3-11/h8-9,11,14H,1-7,10H2. The largest absolute Gasteiger partial charge is 0.340 e. The maximum absolute atomic E-state index is 12.2. The van der Waals surface area contributed by atoms with Crippen LogP contribution in [0.1, 0.15) is 25.3 Å². The quantitative estimate of drug-likeness (QED) is 0.823. The average Bonchev–Trinajstić information content (AvgIpc) is 3.21. The van der Waals surface area contributed by atoms with E-state index < -0.39 is 0 Å². The average molecular weight is 264 g/mol. The van der Waals surface area contributed by atoms with Crippen molar-refractivity contribution in [2.45, 2.75) is 31.8 Å². The molecule has 6 heteroatoms. The molecule has 1 aliphatic carbocycles. The van der Waals surface area contributed by atoms with Crippen molar-refractivity contribution in [1.82, 2.24) is 19.4 Å². The minimum atomic E-state index is -0.0520. The Balaban J connectivity index is 1.66. The monoisotopic (exact) mass is 264 g/mol. The van der Waals surface area contributed by atoms with Gasteiger partial charge in [0.15, 0.2) is 0 Å². The van der Waals surface area contributed by atoms with Crippen molar-refractivity contribution in [2.75, 3.05) is 26.2 Å². The third kappa shape index (κ3) is 2.73. The molecule has 1 amide bonds. The van der Waals surface area contributed by atoms with Gasteiger partial charge in [0.1, 0.15) is 6.54 Å². The zero-order valence-corrected chi connectivity index (χ0v) is 11.0. The summed E-state index contributed by atoms with van der Waals surface area (Å²) in [6.07, 6.45) is 6.67. The Bertz CT molecular complexity index is 507. The highest BCUT2D eigenvalue weighted by atomic mass is 16.2. The van der Waals surface area contributed by atoms with Crippen LogP contribution in [0.25, 0.3) is 0 Å². The van der Waals surface area contributed by atoms with Crippen LogP contribution >= 0.6 is 0 Å². The van der Waals surface area contributed by atoms with Crippen molar-refractivity contribution < 1.29 is 4.79 Å². The highest BCUT2D eigenvalue weighted by molar-refractivity contribution is 5.76. The summed E-state index contributed by atoms with van der Waals surface area (Å²) >= 11 is 0. The second-order valence-corrected chi connectivity index (χ2v) is 5.33. The normalized spacial score (nSPS) is 20.3. The number of carbonyl (C=O) groups is 1. The predicted octanol–water partition coefficient (Wildman–Crippen LogP) is -0.193. The van der Waals surface area contributed by atoms with E-state index in [1.807, 2.05) is 4.90 Å². The first-order chi connectivity index (χ1) is 9.25. The van der Waals surface area contributed by atoms with E-state index in [0.717, 1.165) is 45.4 Å². The number of imidazole rings is 1. The summed E-state index contributed by atoms with van der Waals surface area (Å²) in [6, 6.07) is 0.367. The van der Waals surface area contributed by atoms with Gasteiger partial charge < -0.3 is 10.2 Å². The molecule has 2 fully saturated rings. The molecule has 2 aliphatic rings. The van der Waals surface area contributed by atoms with Gasteiger partial charge in [-0.15, -0.1) is 0 Å². The van der Waals surface area contributed by atoms with Crippen molar-refractivity contribution in [2.24, 2.45) is 0 Å². The molecule has 0 unspecified atom stereocenters. The Morgan fingerprint density at radius 2 is 2.11 bits per heavy atom. The number of carbonyl (C=O) groups excluding carboxylic acids is 1. The minimum Gasteiger partial charge on any atom is -0.340 e. The van der Waals surface area contributed by atoms with E-state index in [-0.39, 0.29) is 18.1 Å². The van der Waals surface area contributed by atoms with Crippen molar-refractivity contribution in [3.63, 3.8) is 0 Å². The van der Waals surface area contributed by atoms with Crippen LogP contribution in [0.4, 0.5) is 0 Å². The molecular formula is C13H20N4O2. The first kappa shape index (κ1) is 12.5. The van der Waals surface area contributed by atoms with Crippen LogP contribution in [0.15, 0.2) is 17.2 Å². The molecule has 0 bridgehead atoms. The van der Waals surface area contributed by atoms with Gasteiger partial charge in [0.05, 0.1) is 0 Å². The zero-order chi connectivity index (χ0) is 13.2. The van der Waals surface area contributed by atoms with E-state index in [9.17, 15) is 9.59 Å². The van der Waals surface area contributed by atoms with Gasteiger partial charge in [-0.1, -0.05) is 0 Å². The van der Waals surface area contributed by atoms with Crippen LogP contribution < -0.4 is 11.0 Å². The van der Waals surface area contributed by atoms with Crippen molar-refractivity contribution in [1.29, 1.82) is 0 Å².